The number of carbonyl (C=O) groups is 2. The molecule has 3 saturated heterocycles. The number of aromatic nitrogens is 4. The standard InChI is InChI=1S/C29H37N11O5S2/c30-10-11-46-19(12-16-6-2-1-3-7-16)24-25(44-20(41)9-5-4-8-18-21-17(13-47-18)35-29(43)36-21)23(42)28(45-24)40-15-34-22-26(37-39-38-31)32-14-33-27(22)40/h1-3,6-7,14-15,17-19,21,23-25,28,42H,4-5,8-13,30H2,(H,32,33,37)(H2,35,36,43)/t17-,18-,19?,21-,23+,24+,25-,28+/m0/s1. The number of ether oxygens (including phenoxy) is 2. The maximum absolute atomic E-state index is 13.3. The van der Waals surface area contributed by atoms with Crippen LogP contribution in [0.15, 0.2) is 48.2 Å². The van der Waals surface area contributed by atoms with Crippen LogP contribution < -0.4 is 21.8 Å². The minimum atomic E-state index is -1.24. The largest absolute Gasteiger partial charge is 0.457 e. The van der Waals surface area contributed by atoms with E-state index in [-0.39, 0.29) is 35.6 Å². The van der Waals surface area contributed by atoms with Crippen LogP contribution in [-0.4, -0.2) is 95.6 Å². The van der Waals surface area contributed by atoms with Gasteiger partial charge in [-0.1, -0.05) is 36.8 Å². The van der Waals surface area contributed by atoms with E-state index in [4.69, 9.17) is 20.7 Å². The van der Waals surface area contributed by atoms with Gasteiger partial charge in [-0.3, -0.25) is 9.36 Å². The lowest BCUT2D eigenvalue weighted by Gasteiger charge is -2.28. The van der Waals surface area contributed by atoms with Crippen molar-refractivity contribution in [1.82, 2.24) is 30.2 Å². The van der Waals surface area contributed by atoms with Crippen LogP contribution in [0.5, 0.6) is 0 Å². The Morgan fingerprint density at radius 1 is 1.30 bits per heavy atom. The maximum atomic E-state index is 13.3. The van der Waals surface area contributed by atoms with E-state index in [0.29, 0.717) is 41.6 Å². The van der Waals surface area contributed by atoms with E-state index in [1.807, 2.05) is 42.1 Å². The molecular weight excluding hydrogens is 647 g/mol. The predicted octanol–water partition coefficient (Wildman–Crippen LogP) is 2.66. The van der Waals surface area contributed by atoms with Crippen molar-refractivity contribution in [1.29, 1.82) is 0 Å². The van der Waals surface area contributed by atoms with Gasteiger partial charge in [0.2, 0.25) is 0 Å². The first-order chi connectivity index (χ1) is 23.0. The first kappa shape index (κ1) is 33.1. The van der Waals surface area contributed by atoms with Crippen molar-refractivity contribution in [3.63, 3.8) is 0 Å². The summed E-state index contributed by atoms with van der Waals surface area (Å²) in [6, 6.07) is 10.1. The highest BCUT2D eigenvalue weighted by Gasteiger charge is 2.51. The van der Waals surface area contributed by atoms with Crippen molar-refractivity contribution >= 4 is 52.5 Å². The molecule has 3 aliphatic rings. The minimum absolute atomic E-state index is 0.115. The number of rotatable bonds is 15. The number of urea groups is 1. The summed E-state index contributed by atoms with van der Waals surface area (Å²) in [6.45, 7) is 0.448. The molecule has 0 spiro atoms. The number of anilines is 1. The van der Waals surface area contributed by atoms with Gasteiger partial charge in [0.25, 0.3) is 5.82 Å². The van der Waals surface area contributed by atoms with Crippen molar-refractivity contribution < 1.29 is 24.2 Å². The Balaban J connectivity index is 1.18. The van der Waals surface area contributed by atoms with Gasteiger partial charge >= 0.3 is 12.0 Å². The average molecular weight is 684 g/mol. The van der Waals surface area contributed by atoms with Crippen LogP contribution in [0.4, 0.5) is 10.6 Å². The molecule has 250 valence electrons. The summed E-state index contributed by atoms with van der Waals surface area (Å²) in [6.07, 6.45) is 1.95. The molecule has 0 saturated carbocycles. The summed E-state index contributed by atoms with van der Waals surface area (Å²) >= 11 is 3.45. The van der Waals surface area contributed by atoms with Crippen molar-refractivity contribution in [2.45, 2.75) is 79.2 Å². The third kappa shape index (κ3) is 7.52. The molecule has 2 amide bonds. The van der Waals surface area contributed by atoms with E-state index in [1.54, 1.807) is 16.3 Å². The van der Waals surface area contributed by atoms with Gasteiger partial charge in [0.15, 0.2) is 23.5 Å². The number of imidazole rings is 1. The van der Waals surface area contributed by atoms with Crippen molar-refractivity contribution in [2.75, 3.05) is 23.5 Å². The number of hydrogen-bond acceptors (Lipinski definition) is 12. The monoisotopic (exact) mass is 683 g/mol. The van der Waals surface area contributed by atoms with Gasteiger partial charge in [-0.25, -0.2) is 20.2 Å². The zero-order valence-corrected chi connectivity index (χ0v) is 27.1. The molecule has 5 heterocycles. The SMILES string of the molecule is [N-]=[N+]=NNc1ncnc2c1ncn2[C@@H]1O[C@H](C(Cc2ccccc2)SCCN)[C@@H](OC(=O)CCCC[C@@H]2SC[C@@H]3NC(=O)N[C@@H]32)[C@H]1O. The normalized spacial score (nSPS) is 27.1. The number of benzene rings is 1. The maximum Gasteiger partial charge on any atom is 0.315 e. The molecule has 0 radical (unpaired) electrons. The predicted molar refractivity (Wildman–Crippen MR) is 177 cm³/mol. The Labute approximate surface area is 278 Å². The number of unbranched alkanes of at least 4 members (excludes halogenated alkanes) is 1. The quantitative estimate of drug-likeness (QED) is 0.0296. The first-order valence-electron chi connectivity index (χ1n) is 15.5. The van der Waals surface area contributed by atoms with Gasteiger partial charge in [-0.2, -0.15) is 33.4 Å². The number of fused-ring (bicyclic) bond motifs is 2. The van der Waals surface area contributed by atoms with Crippen LogP contribution in [0, 0.1) is 0 Å². The average Bonchev–Trinajstić information content (AvgIpc) is 3.84. The molecule has 47 heavy (non-hydrogen) atoms. The molecule has 16 nitrogen and oxygen atoms in total. The molecule has 6 rings (SSSR count). The van der Waals surface area contributed by atoms with Gasteiger partial charge in [-0.15, -0.1) is 5.53 Å². The number of hydrogen-bond donors (Lipinski definition) is 5. The van der Waals surface area contributed by atoms with Crippen LogP contribution >= 0.6 is 23.5 Å². The summed E-state index contributed by atoms with van der Waals surface area (Å²) in [7, 11) is 0. The molecule has 3 aromatic rings. The molecule has 0 aliphatic carbocycles. The number of amides is 2. The van der Waals surface area contributed by atoms with Crippen molar-refractivity contribution in [3.8, 4) is 0 Å². The van der Waals surface area contributed by atoms with E-state index >= 15 is 0 Å². The van der Waals surface area contributed by atoms with E-state index in [1.165, 1.54) is 12.7 Å². The number of nitrogens with two attached hydrogens (primary N) is 1. The molecule has 0 bridgehead atoms. The van der Waals surface area contributed by atoms with Gasteiger partial charge in [-0.05, 0) is 30.0 Å². The van der Waals surface area contributed by atoms with Crippen molar-refractivity contribution in [2.24, 2.45) is 11.0 Å². The molecule has 2 aromatic heterocycles. The zero-order valence-electron chi connectivity index (χ0n) is 25.4. The number of aliphatic hydroxyl groups is 1. The van der Waals surface area contributed by atoms with Crippen LogP contribution in [0.25, 0.3) is 21.6 Å². The number of nitrogens with one attached hydrogen (secondary N) is 3. The molecule has 18 heteroatoms. The third-order valence-corrected chi connectivity index (χ3v) is 11.3. The lowest BCUT2D eigenvalue weighted by atomic mass is 10.0. The minimum Gasteiger partial charge on any atom is -0.457 e. The second kappa shape index (κ2) is 15.4. The number of azide groups is 1. The Morgan fingerprint density at radius 2 is 2.15 bits per heavy atom. The Bertz CT molecular complexity index is 1590. The molecule has 3 fully saturated rings. The third-order valence-electron chi connectivity index (χ3n) is 8.50. The second-order valence-electron chi connectivity index (χ2n) is 11.5. The molecule has 8 atom stereocenters. The Hall–Kier alpha value is -3.80. The second-order valence-corrected chi connectivity index (χ2v) is 14.2. The molecule has 1 unspecified atom stereocenters. The Kier molecular flexibility index (Phi) is 10.9. The lowest BCUT2D eigenvalue weighted by Crippen LogP contribution is -2.42. The van der Waals surface area contributed by atoms with E-state index in [9.17, 15) is 14.7 Å². The van der Waals surface area contributed by atoms with Gasteiger partial charge < -0.3 is 30.9 Å². The van der Waals surface area contributed by atoms with E-state index < -0.39 is 30.5 Å². The number of esters is 1. The highest BCUT2D eigenvalue weighted by Crippen LogP contribution is 2.39. The van der Waals surface area contributed by atoms with Crippen molar-refractivity contribution in [3.05, 3.63) is 59.0 Å². The lowest BCUT2D eigenvalue weighted by molar-refractivity contribution is -0.155. The highest BCUT2D eigenvalue weighted by atomic mass is 32.2. The number of nitrogens with zero attached hydrogens (tertiary/aromatic N) is 7. The fraction of sp³-hybridized carbons (Fsp3) is 0.552. The first-order valence-corrected chi connectivity index (χ1v) is 17.6. The van der Waals surface area contributed by atoms with Crippen LogP contribution in [0.3, 0.4) is 0 Å². The molecule has 1 aromatic carbocycles. The number of aliphatic hydroxyl groups excluding tert-OH is 1. The van der Waals surface area contributed by atoms with Gasteiger partial charge in [0.05, 0.1) is 18.4 Å². The molecule has 3 aliphatic heterocycles. The number of carbonyl (C=O) groups excluding carboxylic acids is 2. The van der Waals surface area contributed by atoms with E-state index in [0.717, 1.165) is 24.2 Å². The number of thioether (sulfide) groups is 2. The summed E-state index contributed by atoms with van der Waals surface area (Å²) in [5.41, 5.74) is 18.8. The fourth-order valence-corrected chi connectivity index (χ4v) is 9.04. The zero-order chi connectivity index (χ0) is 32.8. The summed E-state index contributed by atoms with van der Waals surface area (Å²) in [5.74, 6) is 1.30. The van der Waals surface area contributed by atoms with Crippen LogP contribution in [0.2, 0.25) is 0 Å². The van der Waals surface area contributed by atoms with E-state index in [2.05, 4.69) is 41.1 Å². The van der Waals surface area contributed by atoms with Crippen LogP contribution in [-0.2, 0) is 20.7 Å². The van der Waals surface area contributed by atoms with Gasteiger partial charge in [0, 0.05) is 35.0 Å². The fourth-order valence-electron chi connectivity index (χ4n) is 6.34. The van der Waals surface area contributed by atoms with Crippen LogP contribution in [0.1, 0.15) is 37.5 Å². The smallest absolute Gasteiger partial charge is 0.315 e. The summed E-state index contributed by atoms with van der Waals surface area (Å²) < 4.78 is 14.2. The van der Waals surface area contributed by atoms with Gasteiger partial charge in [0.1, 0.15) is 18.5 Å². The summed E-state index contributed by atoms with van der Waals surface area (Å²) in [4.78, 5) is 40.5. The summed E-state index contributed by atoms with van der Waals surface area (Å²) in [5, 5.41) is 21.1. The Morgan fingerprint density at radius 3 is 2.96 bits per heavy atom. The highest BCUT2D eigenvalue weighted by molar-refractivity contribution is 8.00. The molecular formula is C29H37N11O5S2. The topological polar surface area (TPSA) is 227 Å². The molecule has 6 N–H and O–H groups in total.